The van der Waals surface area contributed by atoms with E-state index in [0.717, 1.165) is 0 Å². The number of aliphatic hydroxyl groups is 2. The number of nitrogens with zero attached hydrogens (tertiary/aromatic N) is 4. The summed E-state index contributed by atoms with van der Waals surface area (Å²) in [5.74, 6) is 0.139. The van der Waals surface area contributed by atoms with Gasteiger partial charge in [-0.25, -0.2) is 32.5 Å². The number of halogens is 1. The zero-order valence-corrected chi connectivity index (χ0v) is 14.6. The molecule has 26 heavy (non-hydrogen) atoms. The molecule has 0 unspecified atom stereocenters. The first kappa shape index (κ1) is 18.8. The van der Waals surface area contributed by atoms with Crippen LogP contribution >= 0.6 is 0 Å². The third-order valence-electron chi connectivity index (χ3n) is 4.10. The summed E-state index contributed by atoms with van der Waals surface area (Å²) in [6.45, 7) is -0.851. The normalized spacial score (nSPS) is 26.5. The van der Waals surface area contributed by atoms with Crippen LogP contribution in [0.1, 0.15) is 6.23 Å². The van der Waals surface area contributed by atoms with E-state index in [1.165, 1.54) is 24.3 Å². The van der Waals surface area contributed by atoms with E-state index in [4.69, 9.17) is 4.74 Å². The molecule has 1 aliphatic rings. The summed E-state index contributed by atoms with van der Waals surface area (Å²) in [7, 11) is -2.05. The molecule has 3 heterocycles. The van der Waals surface area contributed by atoms with Crippen LogP contribution in [0, 0.1) is 0 Å². The van der Waals surface area contributed by atoms with Gasteiger partial charge in [-0.2, -0.15) is 0 Å². The van der Waals surface area contributed by atoms with Crippen molar-refractivity contribution in [2.75, 3.05) is 31.3 Å². The second kappa shape index (κ2) is 7.36. The molecular weight excluding hydrogens is 371 g/mol. The predicted octanol–water partition coefficient (Wildman–Crippen LogP) is -1.62. The van der Waals surface area contributed by atoms with Crippen molar-refractivity contribution in [1.82, 2.24) is 24.2 Å². The van der Waals surface area contributed by atoms with Gasteiger partial charge in [0.15, 0.2) is 23.2 Å². The molecule has 3 rings (SSSR count). The summed E-state index contributed by atoms with van der Waals surface area (Å²) in [4.78, 5) is 12.3. The Kier molecular flexibility index (Phi) is 5.34. The van der Waals surface area contributed by atoms with E-state index in [9.17, 15) is 23.0 Å². The molecule has 11 nitrogen and oxygen atoms in total. The number of nitrogens with one attached hydrogen (secondary N) is 2. The number of aromatic nitrogens is 4. The topological polar surface area (TPSA) is 151 Å². The average Bonchev–Trinajstić information content (AvgIpc) is 3.17. The Labute approximate surface area is 148 Å². The lowest BCUT2D eigenvalue weighted by atomic mass is 10.1. The van der Waals surface area contributed by atoms with E-state index in [1.807, 2.05) is 0 Å². The third-order valence-corrected chi connectivity index (χ3v) is 5.46. The van der Waals surface area contributed by atoms with E-state index in [-0.39, 0.29) is 17.9 Å². The number of sulfonamides is 1. The molecule has 0 aromatic carbocycles. The summed E-state index contributed by atoms with van der Waals surface area (Å²) >= 11 is 0. The van der Waals surface area contributed by atoms with Crippen LogP contribution in [-0.2, 0) is 14.8 Å². The molecule has 0 saturated carbocycles. The Bertz CT molecular complexity index is 877. The standard InChI is InChI=1S/C13H19FN6O5S/c1-15-26(23,24)3-2-16-11-8-12(18-5-17-11)20(6-19-8)13-10(22)9(21)7(4-14)25-13/h5-7,9-10,13,15,21-22H,2-4H2,1H3,(H,16,17,18)/t7-,9+,10-,13-/m1/s1. The number of alkyl halides is 1. The van der Waals surface area contributed by atoms with Crippen LogP contribution in [0.5, 0.6) is 0 Å². The van der Waals surface area contributed by atoms with E-state index >= 15 is 0 Å². The van der Waals surface area contributed by atoms with E-state index < -0.39 is 41.2 Å². The van der Waals surface area contributed by atoms with Crippen molar-refractivity contribution in [1.29, 1.82) is 0 Å². The number of fused-ring (bicyclic) bond motifs is 1. The van der Waals surface area contributed by atoms with Gasteiger partial charge >= 0.3 is 0 Å². The number of hydrogen-bond donors (Lipinski definition) is 4. The van der Waals surface area contributed by atoms with E-state index in [1.54, 1.807) is 0 Å². The molecule has 13 heteroatoms. The van der Waals surface area contributed by atoms with Crippen LogP contribution in [0.4, 0.5) is 10.2 Å². The summed E-state index contributed by atoms with van der Waals surface area (Å²) < 4.78 is 44.7. The molecule has 0 aliphatic carbocycles. The smallest absolute Gasteiger partial charge is 0.213 e. The largest absolute Gasteiger partial charge is 0.387 e. The Morgan fingerprint density at radius 2 is 2.08 bits per heavy atom. The summed E-state index contributed by atoms with van der Waals surface area (Å²) in [6, 6.07) is 0. The highest BCUT2D eigenvalue weighted by molar-refractivity contribution is 7.89. The van der Waals surface area contributed by atoms with Crippen LogP contribution in [0.2, 0.25) is 0 Å². The first-order valence-electron chi connectivity index (χ1n) is 7.78. The fraction of sp³-hybridized carbons (Fsp3) is 0.615. The molecular formula is C13H19FN6O5S. The minimum absolute atomic E-state index is 0.0906. The zero-order chi connectivity index (χ0) is 18.9. The summed E-state index contributed by atoms with van der Waals surface area (Å²) in [6.07, 6.45) is -2.34. The molecule has 2 aromatic heterocycles. The molecule has 1 aliphatic heterocycles. The van der Waals surface area contributed by atoms with Crippen LogP contribution in [0.25, 0.3) is 11.2 Å². The number of ether oxygens (including phenoxy) is 1. The van der Waals surface area contributed by atoms with Gasteiger partial charge in [0.2, 0.25) is 10.0 Å². The molecule has 144 valence electrons. The SMILES string of the molecule is CNS(=O)(=O)CCNc1ncnc2c1ncn2[C@@H]1O[C@H](CF)[C@H](O)[C@H]1O. The second-order valence-electron chi connectivity index (χ2n) is 5.70. The molecule has 4 N–H and O–H groups in total. The Balaban J connectivity index is 1.83. The Hall–Kier alpha value is -1.93. The second-order valence-corrected chi connectivity index (χ2v) is 7.74. The van der Waals surface area contributed by atoms with Crippen LogP contribution in [0.3, 0.4) is 0 Å². The monoisotopic (exact) mass is 390 g/mol. The van der Waals surface area contributed by atoms with Gasteiger partial charge in [0.25, 0.3) is 0 Å². The number of rotatable bonds is 7. The van der Waals surface area contributed by atoms with Crippen LogP contribution < -0.4 is 10.0 Å². The van der Waals surface area contributed by atoms with Gasteiger partial charge < -0.3 is 20.3 Å². The molecule has 1 fully saturated rings. The molecule has 0 bridgehead atoms. The fourth-order valence-electron chi connectivity index (χ4n) is 2.66. The fourth-order valence-corrected chi connectivity index (χ4v) is 3.23. The molecule has 0 radical (unpaired) electrons. The van der Waals surface area contributed by atoms with Crippen molar-refractivity contribution in [3.8, 4) is 0 Å². The lowest BCUT2D eigenvalue weighted by Crippen LogP contribution is -2.32. The summed E-state index contributed by atoms with van der Waals surface area (Å²) in [5.41, 5.74) is 0.609. The van der Waals surface area contributed by atoms with Gasteiger partial charge in [-0.3, -0.25) is 4.57 Å². The van der Waals surface area contributed by atoms with Crippen molar-refractivity contribution in [2.45, 2.75) is 24.5 Å². The lowest BCUT2D eigenvalue weighted by molar-refractivity contribution is -0.0409. The Morgan fingerprint density at radius 3 is 2.73 bits per heavy atom. The summed E-state index contributed by atoms with van der Waals surface area (Å²) in [5, 5.41) is 22.8. The highest BCUT2D eigenvalue weighted by Crippen LogP contribution is 2.32. The number of imidazole rings is 1. The van der Waals surface area contributed by atoms with Crippen molar-refractivity contribution in [3.05, 3.63) is 12.7 Å². The quantitative estimate of drug-likeness (QED) is 0.437. The van der Waals surface area contributed by atoms with Crippen molar-refractivity contribution in [3.63, 3.8) is 0 Å². The van der Waals surface area contributed by atoms with Crippen LogP contribution in [-0.4, -0.2) is 82.5 Å². The number of hydrogen-bond acceptors (Lipinski definition) is 9. The highest BCUT2D eigenvalue weighted by Gasteiger charge is 2.44. The molecule has 1 saturated heterocycles. The van der Waals surface area contributed by atoms with Gasteiger partial charge in [0.1, 0.15) is 31.3 Å². The van der Waals surface area contributed by atoms with Gasteiger partial charge in [-0.15, -0.1) is 0 Å². The van der Waals surface area contributed by atoms with Gasteiger partial charge in [-0.05, 0) is 7.05 Å². The maximum Gasteiger partial charge on any atom is 0.213 e. The first-order valence-corrected chi connectivity index (χ1v) is 9.43. The maximum atomic E-state index is 12.9. The zero-order valence-electron chi connectivity index (χ0n) is 13.8. The van der Waals surface area contributed by atoms with Crippen molar-refractivity contribution in [2.24, 2.45) is 0 Å². The molecule has 4 atom stereocenters. The van der Waals surface area contributed by atoms with Crippen molar-refractivity contribution < 1.29 is 27.8 Å². The van der Waals surface area contributed by atoms with Gasteiger partial charge in [0, 0.05) is 6.54 Å². The molecule has 2 aromatic rings. The van der Waals surface area contributed by atoms with Crippen LogP contribution in [0.15, 0.2) is 12.7 Å². The van der Waals surface area contributed by atoms with Crippen molar-refractivity contribution >= 4 is 27.0 Å². The maximum absolute atomic E-state index is 12.9. The van der Waals surface area contributed by atoms with Gasteiger partial charge in [-0.1, -0.05) is 0 Å². The molecule has 0 amide bonds. The predicted molar refractivity (Wildman–Crippen MR) is 88.6 cm³/mol. The number of aliphatic hydroxyl groups excluding tert-OH is 2. The number of anilines is 1. The first-order chi connectivity index (χ1) is 12.4. The average molecular weight is 390 g/mol. The molecule has 0 spiro atoms. The lowest BCUT2D eigenvalue weighted by Gasteiger charge is -2.16. The van der Waals surface area contributed by atoms with E-state index in [0.29, 0.717) is 11.3 Å². The van der Waals surface area contributed by atoms with Gasteiger partial charge in [0.05, 0.1) is 12.1 Å². The highest BCUT2D eigenvalue weighted by atomic mass is 32.2. The minimum Gasteiger partial charge on any atom is -0.387 e. The minimum atomic E-state index is -3.37. The Morgan fingerprint density at radius 1 is 1.31 bits per heavy atom. The third kappa shape index (κ3) is 3.48. The van der Waals surface area contributed by atoms with E-state index in [2.05, 4.69) is 25.0 Å².